The molecule has 0 N–H and O–H groups in total. The van der Waals surface area contributed by atoms with Crippen molar-refractivity contribution < 1.29 is 0 Å². The minimum Gasteiger partial charge on any atom is -0.309 e. The van der Waals surface area contributed by atoms with Crippen LogP contribution in [0.5, 0.6) is 0 Å². The summed E-state index contributed by atoms with van der Waals surface area (Å²) in [6, 6.07) is 71.5. The van der Waals surface area contributed by atoms with E-state index < -0.39 is 0 Å². The van der Waals surface area contributed by atoms with Gasteiger partial charge in [0.2, 0.25) is 0 Å². The molecule has 0 bridgehead atoms. The Morgan fingerprint density at radius 3 is 1.25 bits per heavy atom. The van der Waals surface area contributed by atoms with Gasteiger partial charge in [-0.1, -0.05) is 133 Å². The van der Waals surface area contributed by atoms with Gasteiger partial charge in [-0.2, -0.15) is 0 Å². The molecule has 12 rings (SSSR count). The number of para-hydroxylation sites is 4. The second-order valence-electron chi connectivity index (χ2n) is 15.1. The van der Waals surface area contributed by atoms with Crippen LogP contribution in [0.15, 0.2) is 211 Å². The van der Waals surface area contributed by atoms with E-state index in [-0.39, 0.29) is 5.56 Å². The summed E-state index contributed by atoms with van der Waals surface area (Å²) in [5.41, 5.74) is 11.7. The van der Waals surface area contributed by atoms with E-state index in [1.807, 2.05) is 77.4 Å². The molecule has 0 aliphatic carbocycles. The van der Waals surface area contributed by atoms with Crippen LogP contribution in [-0.4, -0.2) is 18.7 Å². The fraction of sp³-hybridized carbons (Fsp3) is 0. The van der Waals surface area contributed by atoms with E-state index in [2.05, 4.69) is 143 Å². The first-order valence-electron chi connectivity index (χ1n) is 19.9. The van der Waals surface area contributed by atoms with Crippen LogP contribution in [-0.2, 0) is 0 Å². The minimum atomic E-state index is -0.0659. The first-order chi connectivity index (χ1) is 29.2. The summed E-state index contributed by atoms with van der Waals surface area (Å²) in [6.07, 6.45) is 0. The molecule has 5 nitrogen and oxygen atoms in total. The molecule has 8 aromatic carbocycles. The van der Waals surface area contributed by atoms with Gasteiger partial charge in [0.1, 0.15) is 0 Å². The zero-order valence-corrected chi connectivity index (χ0v) is 31.8. The monoisotopic (exact) mass is 754 g/mol. The molecule has 5 heteroatoms. The van der Waals surface area contributed by atoms with E-state index in [9.17, 15) is 0 Å². The summed E-state index contributed by atoms with van der Waals surface area (Å²) in [6.45, 7) is 0. The molecule has 12 aromatic rings. The number of pyridine rings is 2. The summed E-state index contributed by atoms with van der Waals surface area (Å²) in [5, 5.41) is 7.10. The molecule has 276 valence electrons. The molecule has 0 atom stereocenters. The number of hydrogen-bond acceptors (Lipinski definition) is 2. The predicted octanol–water partition coefficient (Wildman–Crippen LogP) is 13.1. The van der Waals surface area contributed by atoms with E-state index >= 15 is 4.79 Å². The van der Waals surface area contributed by atoms with E-state index in [1.54, 1.807) is 0 Å². The Bertz CT molecular complexity index is 3600. The smallest absolute Gasteiger partial charge is 0.263 e. The molecule has 0 fully saturated rings. The molecule has 4 heterocycles. The average Bonchev–Trinajstić information content (AvgIpc) is 3.81. The van der Waals surface area contributed by atoms with Gasteiger partial charge in [-0.15, -0.1) is 0 Å². The quantitative estimate of drug-likeness (QED) is 0.164. The van der Waals surface area contributed by atoms with Gasteiger partial charge in [-0.25, -0.2) is 4.98 Å². The molecule has 4 aromatic heterocycles. The highest BCUT2D eigenvalue weighted by atomic mass is 16.1. The average molecular weight is 755 g/mol. The van der Waals surface area contributed by atoms with Gasteiger partial charge in [0.05, 0.1) is 50.0 Å². The molecule has 0 unspecified atom stereocenters. The van der Waals surface area contributed by atoms with Crippen molar-refractivity contribution in [2.45, 2.75) is 0 Å². The van der Waals surface area contributed by atoms with Gasteiger partial charge in [0.25, 0.3) is 5.56 Å². The minimum absolute atomic E-state index is 0.0659. The largest absolute Gasteiger partial charge is 0.309 e. The lowest BCUT2D eigenvalue weighted by molar-refractivity contribution is 1.06. The Balaban J connectivity index is 1.22. The van der Waals surface area contributed by atoms with Crippen LogP contribution in [0.3, 0.4) is 0 Å². The Morgan fingerprint density at radius 2 is 0.695 bits per heavy atom. The number of nitrogens with zero attached hydrogens (tertiary/aromatic N) is 4. The Morgan fingerprint density at radius 1 is 0.288 bits per heavy atom. The van der Waals surface area contributed by atoms with Crippen LogP contribution < -0.4 is 5.56 Å². The number of rotatable bonds is 5. The predicted molar refractivity (Wildman–Crippen MR) is 244 cm³/mol. The number of benzene rings is 8. The van der Waals surface area contributed by atoms with Gasteiger partial charge >= 0.3 is 0 Å². The topological polar surface area (TPSA) is 44.8 Å². The maximum absolute atomic E-state index is 15.3. The maximum atomic E-state index is 15.3. The van der Waals surface area contributed by atoms with Crippen LogP contribution in [0.2, 0.25) is 0 Å². The molecular formula is C54H34N4O. The molecule has 0 aliphatic rings. The van der Waals surface area contributed by atoms with Crippen LogP contribution in [0.4, 0.5) is 0 Å². The van der Waals surface area contributed by atoms with Crippen molar-refractivity contribution >= 4 is 65.3 Å². The van der Waals surface area contributed by atoms with Crippen molar-refractivity contribution in [2.24, 2.45) is 0 Å². The zero-order chi connectivity index (χ0) is 39.0. The lowest BCUT2D eigenvalue weighted by Crippen LogP contribution is -2.19. The normalized spacial score (nSPS) is 11.8. The summed E-state index contributed by atoms with van der Waals surface area (Å²) in [7, 11) is 0. The fourth-order valence-electron chi connectivity index (χ4n) is 9.18. The van der Waals surface area contributed by atoms with Crippen LogP contribution >= 0.6 is 0 Å². The number of aromatic nitrogens is 4. The van der Waals surface area contributed by atoms with Crippen molar-refractivity contribution in [1.29, 1.82) is 0 Å². The Labute approximate surface area is 338 Å². The van der Waals surface area contributed by atoms with Crippen LogP contribution in [0.25, 0.3) is 105 Å². The molecular weight excluding hydrogens is 721 g/mol. The molecule has 0 aliphatic heterocycles. The van der Waals surface area contributed by atoms with E-state index in [1.165, 1.54) is 0 Å². The third-order valence-corrected chi connectivity index (χ3v) is 11.8. The van der Waals surface area contributed by atoms with Gasteiger partial charge in [0.15, 0.2) is 0 Å². The van der Waals surface area contributed by atoms with Crippen molar-refractivity contribution in [1.82, 2.24) is 18.7 Å². The standard InChI is InChI=1S/C54H34N4O/c59-54-46-33-51-43(40-25-14-16-28-50(40)57(51)39-29-47(35-17-5-1-6-18-35)55-48(30-39)36-19-7-2-8-20-36)31-42(46)45-32-44-41-26-13-15-27-49(41)56(37-21-9-3-10-22-37)52(44)34-53(45)58(54)38-23-11-4-12-24-38/h1-34H. The SMILES string of the molecule is O=c1c2cc3c(cc2c2cc4c5ccccc5n(-c5ccccc5)c4cc2n1-c1ccccc1)c1ccccc1n3-c1cc(-c2ccccc2)nc(-c2ccccc2)c1. The van der Waals surface area contributed by atoms with Gasteiger partial charge in [-0.3, -0.25) is 9.36 Å². The summed E-state index contributed by atoms with van der Waals surface area (Å²) in [5.74, 6) is 0. The first kappa shape index (κ1) is 33.2. The lowest BCUT2D eigenvalue weighted by Gasteiger charge is -2.16. The summed E-state index contributed by atoms with van der Waals surface area (Å²) >= 11 is 0. The first-order valence-corrected chi connectivity index (χ1v) is 19.9. The van der Waals surface area contributed by atoms with Gasteiger partial charge < -0.3 is 9.13 Å². The third kappa shape index (κ3) is 5.12. The molecule has 59 heavy (non-hydrogen) atoms. The Hall–Kier alpha value is -8.02. The fourth-order valence-corrected chi connectivity index (χ4v) is 9.18. The second kappa shape index (κ2) is 13.0. The highest BCUT2D eigenvalue weighted by molar-refractivity contribution is 6.21. The molecule has 0 radical (unpaired) electrons. The summed E-state index contributed by atoms with van der Waals surface area (Å²) < 4.78 is 6.52. The highest BCUT2D eigenvalue weighted by Gasteiger charge is 2.22. The highest BCUT2D eigenvalue weighted by Crippen LogP contribution is 2.41. The molecule has 0 saturated carbocycles. The third-order valence-electron chi connectivity index (χ3n) is 11.8. The van der Waals surface area contributed by atoms with E-state index in [0.29, 0.717) is 5.39 Å². The second-order valence-corrected chi connectivity index (χ2v) is 15.1. The molecule has 0 spiro atoms. The van der Waals surface area contributed by atoms with Crippen LogP contribution in [0, 0.1) is 0 Å². The lowest BCUT2D eigenvalue weighted by atomic mass is 10.0. The molecule has 0 amide bonds. The van der Waals surface area contributed by atoms with Crippen molar-refractivity contribution in [3.05, 3.63) is 217 Å². The van der Waals surface area contributed by atoms with Crippen LogP contribution in [0.1, 0.15) is 0 Å². The van der Waals surface area contributed by atoms with Crippen molar-refractivity contribution in [3.63, 3.8) is 0 Å². The van der Waals surface area contributed by atoms with Gasteiger partial charge in [0, 0.05) is 49.4 Å². The Kier molecular flexibility index (Phi) is 7.31. The van der Waals surface area contributed by atoms with Crippen molar-refractivity contribution in [3.8, 4) is 39.6 Å². The number of fused-ring (bicyclic) bond motifs is 9. The molecule has 0 saturated heterocycles. The maximum Gasteiger partial charge on any atom is 0.263 e. The van der Waals surface area contributed by atoms with Gasteiger partial charge in [-0.05, 0) is 78.2 Å². The van der Waals surface area contributed by atoms with Crippen molar-refractivity contribution in [2.75, 3.05) is 0 Å². The van der Waals surface area contributed by atoms with E-state index in [0.717, 1.165) is 99.5 Å². The zero-order valence-electron chi connectivity index (χ0n) is 31.8. The summed E-state index contributed by atoms with van der Waals surface area (Å²) in [4.78, 5) is 20.5. The number of hydrogen-bond donors (Lipinski definition) is 0. The van der Waals surface area contributed by atoms with E-state index in [4.69, 9.17) is 4.98 Å².